The van der Waals surface area contributed by atoms with Crippen LogP contribution in [0.5, 0.6) is 0 Å². The Morgan fingerprint density at radius 2 is 0.848 bits per heavy atom. The molecule has 0 radical (unpaired) electrons. The van der Waals surface area contributed by atoms with Gasteiger partial charge in [0.2, 0.25) is 0 Å². The number of hydrogen-bond acceptors (Lipinski definition) is 0. The number of hydrogen-bond donors (Lipinski definition) is 0. The molecule has 0 unspecified atom stereocenters. The van der Waals surface area contributed by atoms with Crippen molar-refractivity contribution in [1.82, 2.24) is 4.40 Å². The fourth-order valence-corrected chi connectivity index (χ4v) is 4.65. The average Bonchev–Trinajstić information content (AvgIpc) is 3.30. The lowest BCUT2D eigenvalue weighted by molar-refractivity contribution is 1.21. The van der Waals surface area contributed by atoms with Gasteiger partial charge in [0.15, 0.2) is 0 Å². The van der Waals surface area contributed by atoms with Crippen LogP contribution in [0.15, 0.2) is 140 Å². The lowest BCUT2D eigenvalue weighted by atomic mass is 10.0. The van der Waals surface area contributed by atoms with E-state index in [1.165, 1.54) is 50.3 Å². The van der Waals surface area contributed by atoms with E-state index in [4.69, 9.17) is 0 Å². The molecule has 0 aliphatic heterocycles. The SMILES string of the molecule is c1ccc(-c2cc(-c3ccccc3)n3c(-c4ccccc4)c(-c4ccccc4)cc3c2)cc1. The van der Waals surface area contributed by atoms with Crippen LogP contribution in [0.3, 0.4) is 0 Å². The Bertz CT molecular complexity index is 1510. The molecule has 33 heavy (non-hydrogen) atoms. The molecule has 156 valence electrons. The highest BCUT2D eigenvalue weighted by Gasteiger charge is 2.18. The molecule has 6 rings (SSSR count). The maximum atomic E-state index is 2.42. The first-order chi connectivity index (χ1) is 16.4. The van der Waals surface area contributed by atoms with Crippen molar-refractivity contribution in [2.45, 2.75) is 0 Å². The monoisotopic (exact) mass is 421 g/mol. The second kappa shape index (κ2) is 8.29. The van der Waals surface area contributed by atoms with Gasteiger partial charge in [0.1, 0.15) is 0 Å². The van der Waals surface area contributed by atoms with E-state index in [0.29, 0.717) is 0 Å². The summed E-state index contributed by atoms with van der Waals surface area (Å²) in [5.41, 5.74) is 10.9. The van der Waals surface area contributed by atoms with Gasteiger partial charge in [-0.2, -0.15) is 0 Å². The van der Waals surface area contributed by atoms with Crippen LogP contribution in [-0.4, -0.2) is 4.40 Å². The first-order valence-electron chi connectivity index (χ1n) is 11.3. The Hall–Kier alpha value is -4.36. The van der Waals surface area contributed by atoms with E-state index < -0.39 is 0 Å². The largest absolute Gasteiger partial charge is 0.309 e. The molecule has 0 bridgehead atoms. The summed E-state index contributed by atoms with van der Waals surface area (Å²) in [5, 5.41) is 0. The maximum absolute atomic E-state index is 2.42. The molecule has 4 aromatic carbocycles. The molecule has 0 atom stereocenters. The van der Waals surface area contributed by atoms with Crippen LogP contribution < -0.4 is 0 Å². The number of rotatable bonds is 4. The molecule has 0 aliphatic rings. The normalized spacial score (nSPS) is 11.0. The quantitative estimate of drug-likeness (QED) is 0.268. The topological polar surface area (TPSA) is 4.41 Å². The summed E-state index contributed by atoms with van der Waals surface area (Å²) < 4.78 is 2.42. The predicted octanol–water partition coefficient (Wildman–Crippen LogP) is 8.61. The number of nitrogens with zero attached hydrogens (tertiary/aromatic N) is 1. The Morgan fingerprint density at radius 3 is 1.42 bits per heavy atom. The van der Waals surface area contributed by atoms with Crippen molar-refractivity contribution < 1.29 is 0 Å². The molecular formula is C32H23N. The zero-order valence-corrected chi connectivity index (χ0v) is 18.2. The summed E-state index contributed by atoms with van der Waals surface area (Å²) in [6.45, 7) is 0. The number of aromatic nitrogens is 1. The Morgan fingerprint density at radius 1 is 0.364 bits per heavy atom. The molecule has 0 aliphatic carbocycles. The van der Waals surface area contributed by atoms with Gasteiger partial charge in [-0.15, -0.1) is 0 Å². The van der Waals surface area contributed by atoms with Crippen molar-refractivity contribution in [3.8, 4) is 44.8 Å². The van der Waals surface area contributed by atoms with Gasteiger partial charge in [0.25, 0.3) is 0 Å². The number of fused-ring (bicyclic) bond motifs is 1. The zero-order chi connectivity index (χ0) is 22.0. The van der Waals surface area contributed by atoms with E-state index in [1.54, 1.807) is 0 Å². The minimum Gasteiger partial charge on any atom is -0.309 e. The highest BCUT2D eigenvalue weighted by Crippen LogP contribution is 2.40. The van der Waals surface area contributed by atoms with Gasteiger partial charge in [0.05, 0.1) is 11.4 Å². The summed E-state index contributed by atoms with van der Waals surface area (Å²) >= 11 is 0. The average molecular weight is 422 g/mol. The van der Waals surface area contributed by atoms with E-state index in [1.807, 2.05) is 0 Å². The van der Waals surface area contributed by atoms with E-state index >= 15 is 0 Å². The minimum absolute atomic E-state index is 1.19. The highest BCUT2D eigenvalue weighted by molar-refractivity contribution is 5.91. The molecule has 0 N–H and O–H groups in total. The van der Waals surface area contributed by atoms with E-state index in [0.717, 1.165) is 0 Å². The molecule has 2 aromatic heterocycles. The number of benzene rings is 4. The van der Waals surface area contributed by atoms with Crippen molar-refractivity contribution in [1.29, 1.82) is 0 Å². The number of pyridine rings is 1. The Labute approximate surface area is 194 Å². The summed E-state index contributed by atoms with van der Waals surface area (Å²) in [7, 11) is 0. The molecule has 0 saturated carbocycles. The fourth-order valence-electron chi connectivity index (χ4n) is 4.65. The van der Waals surface area contributed by atoms with Crippen LogP contribution >= 0.6 is 0 Å². The summed E-state index contributed by atoms with van der Waals surface area (Å²) in [6, 6.07) is 49.7. The van der Waals surface area contributed by atoms with Gasteiger partial charge in [0, 0.05) is 11.1 Å². The van der Waals surface area contributed by atoms with Crippen LogP contribution in [0.2, 0.25) is 0 Å². The first-order valence-corrected chi connectivity index (χ1v) is 11.3. The third kappa shape index (κ3) is 3.54. The third-order valence-corrected chi connectivity index (χ3v) is 6.17. The Kier molecular flexibility index (Phi) is 4.86. The minimum atomic E-state index is 1.19. The van der Waals surface area contributed by atoms with E-state index in [-0.39, 0.29) is 0 Å². The van der Waals surface area contributed by atoms with Gasteiger partial charge in [-0.25, -0.2) is 0 Å². The molecular weight excluding hydrogens is 398 g/mol. The second-order valence-electron chi connectivity index (χ2n) is 8.26. The molecule has 0 fully saturated rings. The van der Waals surface area contributed by atoms with Gasteiger partial charge >= 0.3 is 0 Å². The van der Waals surface area contributed by atoms with Crippen LogP contribution in [0.4, 0.5) is 0 Å². The first kappa shape index (κ1) is 19.3. The van der Waals surface area contributed by atoms with E-state index in [2.05, 4.69) is 144 Å². The summed E-state index contributed by atoms with van der Waals surface area (Å²) in [4.78, 5) is 0. The Balaban J connectivity index is 1.74. The molecule has 0 spiro atoms. The molecule has 1 nitrogen and oxygen atoms in total. The standard InChI is InChI=1S/C32H23N/c1-5-13-24(14-6-1)28-21-29-23-30(25-15-7-2-8-16-25)32(27-19-11-4-12-20-27)33(29)31(22-28)26-17-9-3-10-18-26/h1-23H. The highest BCUT2D eigenvalue weighted by atomic mass is 14.9. The maximum Gasteiger partial charge on any atom is 0.0613 e. The van der Waals surface area contributed by atoms with Crippen LogP contribution in [-0.2, 0) is 0 Å². The third-order valence-electron chi connectivity index (χ3n) is 6.17. The van der Waals surface area contributed by atoms with Crippen molar-refractivity contribution in [3.63, 3.8) is 0 Å². The lowest BCUT2D eigenvalue weighted by Crippen LogP contribution is -1.96. The van der Waals surface area contributed by atoms with Gasteiger partial charge < -0.3 is 4.40 Å². The van der Waals surface area contributed by atoms with Crippen LogP contribution in [0.1, 0.15) is 0 Å². The summed E-state index contributed by atoms with van der Waals surface area (Å²) in [6.07, 6.45) is 0. The smallest absolute Gasteiger partial charge is 0.0613 e. The van der Waals surface area contributed by atoms with Crippen molar-refractivity contribution >= 4 is 5.52 Å². The van der Waals surface area contributed by atoms with E-state index in [9.17, 15) is 0 Å². The van der Waals surface area contributed by atoms with Gasteiger partial charge in [-0.1, -0.05) is 121 Å². The van der Waals surface area contributed by atoms with Gasteiger partial charge in [-0.3, -0.25) is 0 Å². The lowest BCUT2D eigenvalue weighted by Gasteiger charge is -2.15. The van der Waals surface area contributed by atoms with Crippen molar-refractivity contribution in [2.24, 2.45) is 0 Å². The van der Waals surface area contributed by atoms with Gasteiger partial charge in [-0.05, 0) is 46.0 Å². The molecule has 1 heteroatoms. The molecule has 2 heterocycles. The van der Waals surface area contributed by atoms with Crippen LogP contribution in [0.25, 0.3) is 50.3 Å². The second-order valence-corrected chi connectivity index (χ2v) is 8.26. The van der Waals surface area contributed by atoms with Crippen LogP contribution in [0, 0.1) is 0 Å². The molecule has 6 aromatic rings. The fraction of sp³-hybridized carbons (Fsp3) is 0. The van der Waals surface area contributed by atoms with Crippen molar-refractivity contribution in [3.05, 3.63) is 140 Å². The summed E-state index contributed by atoms with van der Waals surface area (Å²) in [5.74, 6) is 0. The molecule has 0 amide bonds. The van der Waals surface area contributed by atoms with Crippen molar-refractivity contribution in [2.75, 3.05) is 0 Å². The zero-order valence-electron chi connectivity index (χ0n) is 18.2. The molecule has 0 saturated heterocycles. The predicted molar refractivity (Wildman–Crippen MR) is 139 cm³/mol.